The summed E-state index contributed by atoms with van der Waals surface area (Å²) in [4.78, 5) is 1.32. The molecule has 0 aliphatic heterocycles. The molecule has 1 aromatic heterocycles. The highest BCUT2D eigenvalue weighted by Gasteiger charge is 2.13. The predicted octanol–water partition coefficient (Wildman–Crippen LogP) is 4.46. The minimum atomic E-state index is 0.286. The van der Waals surface area contributed by atoms with E-state index < -0.39 is 0 Å². The Bertz CT molecular complexity index is 330. The first-order chi connectivity index (χ1) is 8.19. The molecule has 0 bridgehead atoms. The zero-order valence-corrected chi connectivity index (χ0v) is 12.7. The first-order valence-electron chi connectivity index (χ1n) is 6.02. The third kappa shape index (κ3) is 4.92. The summed E-state index contributed by atoms with van der Waals surface area (Å²) in [7, 11) is 0. The van der Waals surface area contributed by atoms with Crippen molar-refractivity contribution in [2.45, 2.75) is 45.1 Å². The number of halogens is 1. The van der Waals surface area contributed by atoms with Crippen molar-refractivity contribution < 1.29 is 0 Å². The largest absolute Gasteiger partial charge is 0.271 e. The van der Waals surface area contributed by atoms with Crippen LogP contribution in [-0.4, -0.2) is 0 Å². The summed E-state index contributed by atoms with van der Waals surface area (Å²) in [5, 5.41) is 0. The molecule has 0 aromatic carbocycles. The summed E-state index contributed by atoms with van der Waals surface area (Å²) in [5.74, 6) is 5.63. The van der Waals surface area contributed by atoms with Crippen LogP contribution >= 0.6 is 27.3 Å². The molecule has 0 amide bonds. The summed E-state index contributed by atoms with van der Waals surface area (Å²) in [6.07, 6.45) is 7.88. The highest BCUT2D eigenvalue weighted by molar-refractivity contribution is 9.11. The Kier molecular flexibility index (Phi) is 7.04. The van der Waals surface area contributed by atoms with Crippen LogP contribution in [0.5, 0.6) is 0 Å². The first kappa shape index (κ1) is 14.9. The van der Waals surface area contributed by atoms with E-state index >= 15 is 0 Å². The van der Waals surface area contributed by atoms with Gasteiger partial charge in [-0.3, -0.25) is 11.3 Å². The molecule has 17 heavy (non-hydrogen) atoms. The Morgan fingerprint density at radius 1 is 1.53 bits per heavy atom. The molecule has 1 rings (SSSR count). The van der Waals surface area contributed by atoms with Gasteiger partial charge in [-0.15, -0.1) is 17.9 Å². The lowest BCUT2D eigenvalue weighted by Gasteiger charge is -2.13. The minimum Gasteiger partial charge on any atom is -0.271 e. The van der Waals surface area contributed by atoms with E-state index in [2.05, 4.69) is 40.9 Å². The average Bonchev–Trinajstić information content (AvgIpc) is 2.64. The molecular formula is C13H21BrN2S. The quantitative estimate of drug-likeness (QED) is 0.321. The molecule has 3 N–H and O–H groups in total. The molecule has 0 aliphatic rings. The molecule has 0 aliphatic carbocycles. The van der Waals surface area contributed by atoms with Crippen molar-refractivity contribution in [1.29, 1.82) is 0 Å². The molecule has 2 nitrogen and oxygen atoms in total. The van der Waals surface area contributed by atoms with E-state index in [0.29, 0.717) is 0 Å². The number of allylic oxidation sites excluding steroid dienone is 1. The van der Waals surface area contributed by atoms with Crippen LogP contribution < -0.4 is 11.3 Å². The fraction of sp³-hybridized carbons (Fsp3) is 0.538. The van der Waals surface area contributed by atoms with Crippen molar-refractivity contribution in [1.82, 2.24) is 5.43 Å². The van der Waals surface area contributed by atoms with Crippen LogP contribution in [0.3, 0.4) is 0 Å². The standard InChI is InChI=1S/C13H21BrN2S/c1-3-4-5-6-7-8-11(16-15)12-9-10(2)13(14)17-12/h3,9,11,16H,1,4-8,15H2,2H3. The highest BCUT2D eigenvalue weighted by Crippen LogP contribution is 2.33. The molecule has 0 saturated heterocycles. The van der Waals surface area contributed by atoms with E-state index in [0.717, 1.165) is 12.8 Å². The van der Waals surface area contributed by atoms with Crippen LogP contribution in [0.25, 0.3) is 0 Å². The van der Waals surface area contributed by atoms with E-state index in [1.54, 1.807) is 11.3 Å². The second-order valence-corrected chi connectivity index (χ2v) is 6.65. The number of rotatable bonds is 8. The summed E-state index contributed by atoms with van der Waals surface area (Å²) >= 11 is 5.33. The van der Waals surface area contributed by atoms with Gasteiger partial charge in [0.15, 0.2) is 0 Å². The van der Waals surface area contributed by atoms with E-state index in [9.17, 15) is 0 Å². The highest BCUT2D eigenvalue weighted by atomic mass is 79.9. The van der Waals surface area contributed by atoms with Gasteiger partial charge in [-0.2, -0.15) is 0 Å². The van der Waals surface area contributed by atoms with E-state index in [-0.39, 0.29) is 6.04 Å². The van der Waals surface area contributed by atoms with Gasteiger partial charge in [-0.05, 0) is 53.7 Å². The number of aryl methyl sites for hydroxylation is 1. The van der Waals surface area contributed by atoms with Crippen LogP contribution in [0.4, 0.5) is 0 Å². The van der Waals surface area contributed by atoms with Crippen LogP contribution in [0.1, 0.15) is 48.6 Å². The van der Waals surface area contributed by atoms with Gasteiger partial charge in [0, 0.05) is 4.88 Å². The Morgan fingerprint density at radius 2 is 2.29 bits per heavy atom. The lowest BCUT2D eigenvalue weighted by Crippen LogP contribution is -2.27. The molecule has 96 valence electrons. The van der Waals surface area contributed by atoms with Gasteiger partial charge in [-0.25, -0.2) is 0 Å². The fourth-order valence-electron chi connectivity index (χ4n) is 1.78. The number of unbranched alkanes of at least 4 members (excludes halogenated alkanes) is 3. The summed E-state index contributed by atoms with van der Waals surface area (Å²) in [6, 6.07) is 2.50. The number of hydrogen-bond acceptors (Lipinski definition) is 3. The third-order valence-electron chi connectivity index (χ3n) is 2.82. The Balaban J connectivity index is 2.40. The molecule has 1 heterocycles. The zero-order chi connectivity index (χ0) is 12.7. The van der Waals surface area contributed by atoms with Gasteiger partial charge in [0.1, 0.15) is 0 Å². The normalized spacial score (nSPS) is 12.6. The molecule has 1 atom stereocenters. The predicted molar refractivity (Wildman–Crippen MR) is 80.1 cm³/mol. The van der Waals surface area contributed by atoms with E-state index in [1.165, 1.54) is 33.5 Å². The van der Waals surface area contributed by atoms with Gasteiger partial charge in [0.05, 0.1) is 9.83 Å². The summed E-state index contributed by atoms with van der Waals surface area (Å²) in [5.41, 5.74) is 4.21. The van der Waals surface area contributed by atoms with Gasteiger partial charge >= 0.3 is 0 Å². The molecule has 0 saturated carbocycles. The van der Waals surface area contributed by atoms with Crippen molar-refractivity contribution in [3.05, 3.63) is 32.9 Å². The lowest BCUT2D eigenvalue weighted by molar-refractivity contribution is 0.490. The molecule has 1 aromatic rings. The van der Waals surface area contributed by atoms with Gasteiger partial charge < -0.3 is 0 Å². The van der Waals surface area contributed by atoms with Gasteiger partial charge in [-0.1, -0.05) is 18.9 Å². The number of hydrazine groups is 1. The fourth-order valence-corrected chi connectivity index (χ4v) is 3.44. The SMILES string of the molecule is C=CCCCCCC(NN)c1cc(C)c(Br)s1. The molecular weight excluding hydrogens is 296 g/mol. The Morgan fingerprint density at radius 3 is 2.82 bits per heavy atom. The van der Waals surface area contributed by atoms with Crippen molar-refractivity contribution in [3.63, 3.8) is 0 Å². The first-order valence-corrected chi connectivity index (χ1v) is 7.62. The maximum Gasteiger partial charge on any atom is 0.0731 e. The maximum absolute atomic E-state index is 5.63. The third-order valence-corrected chi connectivity index (χ3v) is 5.07. The van der Waals surface area contributed by atoms with E-state index in [4.69, 9.17) is 5.84 Å². The average molecular weight is 317 g/mol. The van der Waals surface area contributed by atoms with Crippen LogP contribution in [0, 0.1) is 6.92 Å². The Labute approximate surface area is 116 Å². The Hall–Kier alpha value is -0.160. The zero-order valence-electron chi connectivity index (χ0n) is 10.3. The molecule has 0 spiro atoms. The summed E-state index contributed by atoms with van der Waals surface area (Å²) in [6.45, 7) is 5.85. The van der Waals surface area contributed by atoms with Gasteiger partial charge in [0.25, 0.3) is 0 Å². The second kappa shape index (κ2) is 8.03. The summed E-state index contributed by atoms with van der Waals surface area (Å²) < 4.78 is 1.21. The molecule has 1 unspecified atom stereocenters. The molecule has 0 fully saturated rings. The molecule has 4 heteroatoms. The van der Waals surface area contributed by atoms with Crippen molar-refractivity contribution in [2.24, 2.45) is 5.84 Å². The monoisotopic (exact) mass is 316 g/mol. The van der Waals surface area contributed by atoms with Crippen LogP contribution in [0.2, 0.25) is 0 Å². The number of thiophene rings is 1. The molecule has 0 radical (unpaired) electrons. The van der Waals surface area contributed by atoms with Crippen LogP contribution in [-0.2, 0) is 0 Å². The van der Waals surface area contributed by atoms with Crippen LogP contribution in [0.15, 0.2) is 22.5 Å². The van der Waals surface area contributed by atoms with Crippen molar-refractivity contribution in [2.75, 3.05) is 0 Å². The lowest BCUT2D eigenvalue weighted by atomic mass is 10.1. The van der Waals surface area contributed by atoms with E-state index in [1.807, 2.05) is 6.08 Å². The minimum absolute atomic E-state index is 0.286. The number of nitrogens with two attached hydrogens (primary N) is 1. The van der Waals surface area contributed by atoms with Gasteiger partial charge in [0.2, 0.25) is 0 Å². The maximum atomic E-state index is 5.63. The smallest absolute Gasteiger partial charge is 0.0731 e. The van der Waals surface area contributed by atoms with Crippen molar-refractivity contribution >= 4 is 27.3 Å². The van der Waals surface area contributed by atoms with Crippen molar-refractivity contribution in [3.8, 4) is 0 Å². The number of nitrogens with one attached hydrogen (secondary N) is 1. The second-order valence-electron chi connectivity index (χ2n) is 4.25. The topological polar surface area (TPSA) is 38.0 Å². The number of hydrogen-bond donors (Lipinski definition) is 2.